The molecule has 4 N–H and O–H groups in total. The number of carboxylic acids is 2. The topological polar surface area (TPSA) is 136 Å². The average molecular weight is 592 g/mol. The Balaban J connectivity index is 0.000000349. The fourth-order valence-electron chi connectivity index (χ4n) is 3.54. The SMILES string of the molecule is O=C(NC1CCN(c2ccccc2F)CC1)c1ccccc1-c1ncc[nH]1.O=C(O)C(F)(F)F.O=C(O)C(F)(F)F. The van der Waals surface area contributed by atoms with E-state index in [9.17, 15) is 35.5 Å². The van der Waals surface area contributed by atoms with Gasteiger partial charge in [-0.1, -0.05) is 30.3 Å². The van der Waals surface area contributed by atoms with Crippen molar-refractivity contribution in [3.8, 4) is 11.4 Å². The molecular weight excluding hydrogens is 569 g/mol. The lowest BCUT2D eigenvalue weighted by Crippen LogP contribution is -2.45. The molecule has 1 fully saturated rings. The highest BCUT2D eigenvalue weighted by Gasteiger charge is 2.38. The molecule has 222 valence electrons. The molecule has 0 atom stereocenters. The number of halogens is 7. The molecule has 1 aliphatic rings. The molecule has 0 spiro atoms. The molecule has 16 heteroatoms. The van der Waals surface area contributed by atoms with Crippen molar-refractivity contribution in [2.24, 2.45) is 0 Å². The fourth-order valence-corrected chi connectivity index (χ4v) is 3.54. The van der Waals surface area contributed by atoms with Crippen molar-refractivity contribution in [2.45, 2.75) is 31.2 Å². The number of aliphatic carboxylic acids is 2. The summed E-state index contributed by atoms with van der Waals surface area (Å²) in [5.74, 6) is -5.14. The maximum atomic E-state index is 14.0. The molecule has 0 aliphatic carbocycles. The molecule has 3 aromatic rings. The van der Waals surface area contributed by atoms with Crippen LogP contribution in [-0.4, -0.2) is 69.5 Å². The monoisotopic (exact) mass is 592 g/mol. The van der Waals surface area contributed by atoms with E-state index in [0.717, 1.165) is 18.4 Å². The first kappa shape index (κ1) is 32.6. The van der Waals surface area contributed by atoms with E-state index in [-0.39, 0.29) is 17.8 Å². The number of amides is 1. The van der Waals surface area contributed by atoms with Crippen molar-refractivity contribution in [3.63, 3.8) is 0 Å². The molecular formula is C25H23F7N4O5. The quantitative estimate of drug-likeness (QED) is 0.317. The van der Waals surface area contributed by atoms with Crippen LogP contribution in [0, 0.1) is 5.82 Å². The molecule has 9 nitrogen and oxygen atoms in total. The summed E-state index contributed by atoms with van der Waals surface area (Å²) < 4.78 is 77.4. The minimum atomic E-state index is -5.08. The van der Waals surface area contributed by atoms with Gasteiger partial charge in [-0.25, -0.2) is 19.0 Å². The van der Waals surface area contributed by atoms with Crippen LogP contribution >= 0.6 is 0 Å². The van der Waals surface area contributed by atoms with Crippen molar-refractivity contribution < 1.29 is 55.3 Å². The molecule has 4 rings (SSSR count). The Hall–Kier alpha value is -4.63. The molecule has 41 heavy (non-hydrogen) atoms. The molecule has 1 aromatic heterocycles. The zero-order valence-corrected chi connectivity index (χ0v) is 20.8. The number of carbonyl (C=O) groups is 3. The van der Waals surface area contributed by atoms with Crippen molar-refractivity contribution in [2.75, 3.05) is 18.0 Å². The third kappa shape index (κ3) is 10.1. The third-order valence-corrected chi connectivity index (χ3v) is 5.43. The predicted molar refractivity (Wildman–Crippen MR) is 131 cm³/mol. The Morgan fingerprint density at radius 1 is 0.878 bits per heavy atom. The number of H-pyrrole nitrogens is 1. The van der Waals surface area contributed by atoms with Crippen LogP contribution in [0.1, 0.15) is 23.2 Å². The lowest BCUT2D eigenvalue weighted by molar-refractivity contribution is -0.193. The normalized spacial score (nSPS) is 13.7. The largest absolute Gasteiger partial charge is 0.490 e. The van der Waals surface area contributed by atoms with E-state index in [4.69, 9.17) is 19.8 Å². The lowest BCUT2D eigenvalue weighted by Gasteiger charge is -2.34. The van der Waals surface area contributed by atoms with E-state index in [1.54, 1.807) is 24.5 Å². The number of aromatic nitrogens is 2. The molecule has 1 aliphatic heterocycles. The van der Waals surface area contributed by atoms with Crippen LogP contribution in [0.25, 0.3) is 11.4 Å². The van der Waals surface area contributed by atoms with Gasteiger partial charge in [0.05, 0.1) is 11.3 Å². The number of anilines is 1. The van der Waals surface area contributed by atoms with Gasteiger partial charge >= 0.3 is 24.3 Å². The van der Waals surface area contributed by atoms with Crippen molar-refractivity contribution in [3.05, 3.63) is 72.3 Å². The van der Waals surface area contributed by atoms with Gasteiger partial charge in [-0.3, -0.25) is 4.79 Å². The first-order valence-corrected chi connectivity index (χ1v) is 11.6. The first-order valence-electron chi connectivity index (χ1n) is 11.6. The molecule has 1 saturated heterocycles. The summed E-state index contributed by atoms with van der Waals surface area (Å²) in [4.78, 5) is 39.9. The highest BCUT2D eigenvalue weighted by molar-refractivity contribution is 6.00. The number of para-hydroxylation sites is 1. The van der Waals surface area contributed by atoms with Gasteiger partial charge in [0.2, 0.25) is 0 Å². The van der Waals surface area contributed by atoms with Crippen molar-refractivity contribution in [1.29, 1.82) is 0 Å². The summed E-state index contributed by atoms with van der Waals surface area (Å²) in [5.41, 5.74) is 2.01. The maximum absolute atomic E-state index is 14.0. The zero-order chi connectivity index (χ0) is 30.8. The van der Waals surface area contributed by atoms with Crippen LogP contribution in [0.4, 0.5) is 36.4 Å². The van der Waals surface area contributed by atoms with Gasteiger partial charge in [0.1, 0.15) is 11.6 Å². The standard InChI is InChI=1S/C21H21FN4O.2C2HF3O2/c22-18-7-3-4-8-19(18)26-13-9-15(10-14-26)25-21(27)17-6-2-1-5-16(17)20-23-11-12-24-20;2*3-2(4,5)1(6)7/h1-8,11-12,15H,9-10,13-14H2,(H,23,24)(H,25,27);2*(H,6,7). The van der Waals surface area contributed by atoms with Crippen molar-refractivity contribution in [1.82, 2.24) is 15.3 Å². The highest BCUT2D eigenvalue weighted by Crippen LogP contribution is 2.24. The van der Waals surface area contributed by atoms with Gasteiger partial charge in [-0.15, -0.1) is 0 Å². The lowest BCUT2D eigenvalue weighted by atomic mass is 10.0. The van der Waals surface area contributed by atoms with Crippen LogP contribution in [0.3, 0.4) is 0 Å². The van der Waals surface area contributed by atoms with E-state index in [1.165, 1.54) is 6.07 Å². The Kier molecular flexibility index (Phi) is 11.2. The van der Waals surface area contributed by atoms with Gasteiger partial charge in [-0.2, -0.15) is 26.3 Å². The number of nitrogens with zero attached hydrogens (tertiary/aromatic N) is 2. The number of hydrogen-bond acceptors (Lipinski definition) is 5. The number of rotatable bonds is 4. The number of alkyl halides is 6. The van der Waals surface area contributed by atoms with Crippen LogP contribution in [0.5, 0.6) is 0 Å². The number of carbonyl (C=O) groups excluding carboxylic acids is 1. The Bertz CT molecular complexity index is 1280. The molecule has 1 amide bonds. The molecule has 0 saturated carbocycles. The summed E-state index contributed by atoms with van der Waals surface area (Å²) in [5, 5.41) is 17.4. The Labute approximate surface area is 227 Å². The Morgan fingerprint density at radius 2 is 1.39 bits per heavy atom. The maximum Gasteiger partial charge on any atom is 0.490 e. The predicted octanol–water partition coefficient (Wildman–Crippen LogP) is 4.88. The Morgan fingerprint density at radius 3 is 1.88 bits per heavy atom. The minimum Gasteiger partial charge on any atom is -0.475 e. The number of hydrogen-bond donors (Lipinski definition) is 4. The van der Waals surface area contributed by atoms with Crippen LogP contribution < -0.4 is 10.2 Å². The van der Waals surface area contributed by atoms with Crippen molar-refractivity contribution >= 4 is 23.5 Å². The second-order valence-corrected chi connectivity index (χ2v) is 8.28. The number of piperidine rings is 1. The number of nitrogens with one attached hydrogen (secondary N) is 2. The first-order chi connectivity index (χ1) is 19.1. The zero-order valence-electron chi connectivity index (χ0n) is 20.8. The molecule has 0 bridgehead atoms. The number of aromatic amines is 1. The smallest absolute Gasteiger partial charge is 0.475 e. The summed E-state index contributed by atoms with van der Waals surface area (Å²) in [6.45, 7) is 1.43. The molecule has 2 aromatic carbocycles. The van der Waals surface area contributed by atoms with E-state index in [0.29, 0.717) is 30.2 Å². The van der Waals surface area contributed by atoms with E-state index in [2.05, 4.69) is 15.3 Å². The number of benzene rings is 2. The highest BCUT2D eigenvalue weighted by atomic mass is 19.4. The van der Waals surface area contributed by atoms with E-state index < -0.39 is 24.3 Å². The molecule has 2 heterocycles. The fraction of sp³-hybridized carbons (Fsp3) is 0.280. The average Bonchev–Trinajstić information content (AvgIpc) is 3.44. The molecule has 0 radical (unpaired) electrons. The molecule has 0 unspecified atom stereocenters. The van der Waals surface area contributed by atoms with Gasteiger partial charge in [0.15, 0.2) is 0 Å². The van der Waals surface area contributed by atoms with Crippen LogP contribution in [-0.2, 0) is 9.59 Å². The summed E-state index contributed by atoms with van der Waals surface area (Å²) in [7, 11) is 0. The van der Waals surface area contributed by atoms with Gasteiger partial charge in [-0.05, 0) is 31.0 Å². The number of imidazole rings is 1. The third-order valence-electron chi connectivity index (χ3n) is 5.43. The van der Waals surface area contributed by atoms with Gasteiger partial charge in [0.25, 0.3) is 5.91 Å². The van der Waals surface area contributed by atoms with Gasteiger partial charge < -0.3 is 25.4 Å². The van der Waals surface area contributed by atoms with Gasteiger partial charge in [0, 0.05) is 37.1 Å². The summed E-state index contributed by atoms with van der Waals surface area (Å²) in [6, 6.07) is 14.3. The van der Waals surface area contributed by atoms with E-state index in [1.807, 2.05) is 35.2 Å². The minimum absolute atomic E-state index is 0.0742. The van der Waals surface area contributed by atoms with Crippen LogP contribution in [0.2, 0.25) is 0 Å². The van der Waals surface area contributed by atoms with Crippen LogP contribution in [0.15, 0.2) is 60.9 Å². The van der Waals surface area contributed by atoms with E-state index >= 15 is 0 Å². The second kappa shape index (κ2) is 14.1. The number of carboxylic acid groups (broad SMARTS) is 2. The summed E-state index contributed by atoms with van der Waals surface area (Å²) in [6.07, 6.45) is -5.20. The second-order valence-electron chi connectivity index (χ2n) is 8.28. The summed E-state index contributed by atoms with van der Waals surface area (Å²) >= 11 is 0.